The summed E-state index contributed by atoms with van der Waals surface area (Å²) in [6, 6.07) is 0. The van der Waals surface area contributed by atoms with Gasteiger partial charge in [-0.1, -0.05) is 6.92 Å². The van der Waals surface area contributed by atoms with Crippen molar-refractivity contribution in [1.29, 1.82) is 0 Å². The van der Waals surface area contributed by atoms with Crippen LogP contribution in [-0.2, 0) is 9.47 Å². The second-order valence-electron chi connectivity index (χ2n) is 4.80. The van der Waals surface area contributed by atoms with E-state index >= 15 is 0 Å². The number of hydrogen-bond acceptors (Lipinski definition) is 4. The van der Waals surface area contributed by atoms with Gasteiger partial charge in [0, 0.05) is 46.1 Å². The quantitative estimate of drug-likeness (QED) is 0.694. The van der Waals surface area contributed by atoms with Gasteiger partial charge in [-0.05, 0) is 6.54 Å². The first kappa shape index (κ1) is 12.3. The van der Waals surface area contributed by atoms with Gasteiger partial charge in [0.2, 0.25) is 0 Å². The number of methoxy groups -OCH3 is 1. The molecule has 1 aliphatic carbocycles. The summed E-state index contributed by atoms with van der Waals surface area (Å²) in [5, 5.41) is 0. The molecule has 0 amide bonds. The molecule has 4 heteroatoms. The van der Waals surface area contributed by atoms with E-state index in [-0.39, 0.29) is 0 Å². The van der Waals surface area contributed by atoms with Crippen molar-refractivity contribution in [3.63, 3.8) is 0 Å². The van der Waals surface area contributed by atoms with Crippen LogP contribution < -0.4 is 0 Å². The second kappa shape index (κ2) is 5.96. The van der Waals surface area contributed by atoms with E-state index < -0.39 is 0 Å². The molecule has 0 bridgehead atoms. The molecule has 2 fully saturated rings. The normalized spacial score (nSPS) is 32.6. The van der Waals surface area contributed by atoms with E-state index in [4.69, 9.17) is 9.47 Å². The predicted molar refractivity (Wildman–Crippen MR) is 63.5 cm³/mol. The van der Waals surface area contributed by atoms with Gasteiger partial charge in [0.05, 0.1) is 18.9 Å². The first-order valence-corrected chi connectivity index (χ1v) is 6.41. The van der Waals surface area contributed by atoms with E-state index in [2.05, 4.69) is 16.7 Å². The monoisotopic (exact) mass is 228 g/mol. The number of likely N-dealkylation sites (N-methyl/N-ethyl adjacent to an activating group) is 1. The Kier molecular flexibility index (Phi) is 4.58. The Balaban J connectivity index is 1.54. The van der Waals surface area contributed by atoms with Crippen LogP contribution in [0.3, 0.4) is 0 Å². The molecular weight excluding hydrogens is 204 g/mol. The van der Waals surface area contributed by atoms with Crippen LogP contribution in [0.2, 0.25) is 0 Å². The van der Waals surface area contributed by atoms with E-state index in [1.807, 2.05) is 0 Å². The molecule has 2 rings (SSSR count). The minimum Gasteiger partial charge on any atom is -0.381 e. The number of rotatable bonds is 5. The molecule has 0 atom stereocenters. The summed E-state index contributed by atoms with van der Waals surface area (Å²) in [5.41, 5.74) is 0. The lowest BCUT2D eigenvalue weighted by Gasteiger charge is -2.38. The topological polar surface area (TPSA) is 24.9 Å². The highest BCUT2D eigenvalue weighted by atomic mass is 16.5. The van der Waals surface area contributed by atoms with Crippen LogP contribution in [0.15, 0.2) is 0 Å². The third-order valence-electron chi connectivity index (χ3n) is 3.79. The van der Waals surface area contributed by atoms with Gasteiger partial charge in [-0.25, -0.2) is 0 Å². The van der Waals surface area contributed by atoms with Crippen molar-refractivity contribution >= 4 is 0 Å². The van der Waals surface area contributed by atoms with Gasteiger partial charge in [-0.15, -0.1) is 0 Å². The van der Waals surface area contributed by atoms with Crippen LogP contribution in [0, 0.1) is 0 Å². The summed E-state index contributed by atoms with van der Waals surface area (Å²) in [6.07, 6.45) is 3.03. The van der Waals surface area contributed by atoms with Crippen LogP contribution in [0.5, 0.6) is 0 Å². The molecule has 1 aliphatic heterocycles. The maximum atomic E-state index is 5.85. The highest BCUT2D eigenvalue weighted by Crippen LogP contribution is 2.25. The lowest BCUT2D eigenvalue weighted by molar-refractivity contribution is -0.118. The molecular formula is C12H24N2O2. The molecule has 0 spiro atoms. The molecule has 0 N–H and O–H groups in total. The van der Waals surface area contributed by atoms with Crippen molar-refractivity contribution < 1.29 is 9.47 Å². The summed E-state index contributed by atoms with van der Waals surface area (Å²) in [7, 11) is 1.78. The SMILES string of the molecule is CCN1CCN(COC2CC(OC)C2)CC1. The van der Waals surface area contributed by atoms with Gasteiger partial charge >= 0.3 is 0 Å². The van der Waals surface area contributed by atoms with E-state index in [0.29, 0.717) is 12.2 Å². The molecule has 16 heavy (non-hydrogen) atoms. The van der Waals surface area contributed by atoms with Crippen molar-refractivity contribution in [3.05, 3.63) is 0 Å². The van der Waals surface area contributed by atoms with Crippen LogP contribution in [0.4, 0.5) is 0 Å². The molecule has 94 valence electrons. The van der Waals surface area contributed by atoms with Crippen LogP contribution in [0.1, 0.15) is 19.8 Å². The predicted octanol–water partition coefficient (Wildman–Crippen LogP) is 0.775. The molecule has 0 aromatic carbocycles. The first-order chi connectivity index (χ1) is 7.81. The molecule has 1 saturated heterocycles. The van der Waals surface area contributed by atoms with Gasteiger partial charge in [0.15, 0.2) is 0 Å². The smallest absolute Gasteiger partial charge is 0.0994 e. The maximum absolute atomic E-state index is 5.85. The van der Waals surface area contributed by atoms with Crippen LogP contribution >= 0.6 is 0 Å². The molecule has 0 unspecified atom stereocenters. The van der Waals surface area contributed by atoms with E-state index in [1.165, 1.54) is 19.6 Å². The van der Waals surface area contributed by atoms with E-state index in [1.54, 1.807) is 7.11 Å². The molecule has 2 aliphatic rings. The van der Waals surface area contributed by atoms with Crippen LogP contribution in [0.25, 0.3) is 0 Å². The van der Waals surface area contributed by atoms with Gasteiger partial charge in [0.25, 0.3) is 0 Å². The average molecular weight is 228 g/mol. The maximum Gasteiger partial charge on any atom is 0.0994 e. The Hall–Kier alpha value is -0.160. The van der Waals surface area contributed by atoms with Crippen molar-refractivity contribution in [2.24, 2.45) is 0 Å². The fraction of sp³-hybridized carbons (Fsp3) is 1.00. The molecule has 4 nitrogen and oxygen atoms in total. The van der Waals surface area contributed by atoms with Crippen LogP contribution in [-0.4, -0.2) is 68.6 Å². The molecule has 0 radical (unpaired) electrons. The highest BCUT2D eigenvalue weighted by Gasteiger charge is 2.30. The fourth-order valence-corrected chi connectivity index (χ4v) is 2.29. The third-order valence-corrected chi connectivity index (χ3v) is 3.79. The fourth-order valence-electron chi connectivity index (χ4n) is 2.29. The average Bonchev–Trinajstić information content (AvgIpc) is 2.28. The Bertz CT molecular complexity index is 199. The highest BCUT2D eigenvalue weighted by molar-refractivity contribution is 4.80. The minimum absolute atomic E-state index is 0.439. The zero-order valence-corrected chi connectivity index (χ0v) is 10.5. The number of nitrogens with zero attached hydrogens (tertiary/aromatic N) is 2. The van der Waals surface area contributed by atoms with E-state index in [9.17, 15) is 0 Å². The molecule has 0 aromatic rings. The standard InChI is InChI=1S/C12H24N2O2/c1-3-13-4-6-14(7-5-13)10-16-12-8-11(9-12)15-2/h11-12H,3-10H2,1-2H3. The van der Waals surface area contributed by atoms with E-state index in [0.717, 1.165) is 32.7 Å². The number of hydrogen-bond donors (Lipinski definition) is 0. The lowest BCUT2D eigenvalue weighted by Crippen LogP contribution is -2.48. The van der Waals surface area contributed by atoms with Gasteiger partial charge in [-0.3, -0.25) is 4.90 Å². The first-order valence-electron chi connectivity index (χ1n) is 6.41. The third kappa shape index (κ3) is 3.17. The number of piperazine rings is 1. The molecule has 1 heterocycles. The summed E-state index contributed by atoms with van der Waals surface area (Å²) in [4.78, 5) is 4.90. The van der Waals surface area contributed by atoms with Gasteiger partial charge < -0.3 is 14.4 Å². The second-order valence-corrected chi connectivity index (χ2v) is 4.80. The van der Waals surface area contributed by atoms with Crippen molar-refractivity contribution in [2.45, 2.75) is 32.0 Å². The largest absolute Gasteiger partial charge is 0.381 e. The van der Waals surface area contributed by atoms with Gasteiger partial charge in [0.1, 0.15) is 0 Å². The zero-order chi connectivity index (χ0) is 11.4. The summed E-state index contributed by atoms with van der Waals surface area (Å²) in [5.74, 6) is 0. The number of ether oxygens (including phenoxy) is 2. The van der Waals surface area contributed by atoms with Crippen molar-refractivity contribution in [1.82, 2.24) is 9.80 Å². The Morgan fingerprint density at radius 1 is 1.00 bits per heavy atom. The zero-order valence-electron chi connectivity index (χ0n) is 10.5. The molecule has 1 saturated carbocycles. The van der Waals surface area contributed by atoms with Gasteiger partial charge in [-0.2, -0.15) is 0 Å². The molecule has 0 aromatic heterocycles. The van der Waals surface area contributed by atoms with Crippen molar-refractivity contribution in [3.8, 4) is 0 Å². The summed E-state index contributed by atoms with van der Waals surface area (Å²) < 4.78 is 11.1. The Morgan fingerprint density at radius 3 is 2.19 bits per heavy atom. The Morgan fingerprint density at radius 2 is 1.62 bits per heavy atom. The summed E-state index contributed by atoms with van der Waals surface area (Å²) >= 11 is 0. The summed E-state index contributed by atoms with van der Waals surface area (Å²) in [6.45, 7) is 8.87. The lowest BCUT2D eigenvalue weighted by atomic mass is 9.92. The van der Waals surface area contributed by atoms with Crippen molar-refractivity contribution in [2.75, 3.05) is 46.6 Å². The Labute approximate surface area is 98.5 Å². The minimum atomic E-state index is 0.439.